The Bertz CT molecular complexity index is 436. The van der Waals surface area contributed by atoms with Gasteiger partial charge in [-0.05, 0) is 19.2 Å². The van der Waals surface area contributed by atoms with E-state index in [9.17, 15) is 9.00 Å². The Morgan fingerprint density at radius 3 is 2.67 bits per heavy atom. The van der Waals surface area contributed by atoms with Crippen LogP contribution in [0.5, 0.6) is 0 Å². The second kappa shape index (κ2) is 4.73. The summed E-state index contributed by atoms with van der Waals surface area (Å²) < 4.78 is 14.5. The van der Waals surface area contributed by atoms with Gasteiger partial charge in [0.2, 0.25) is 0 Å². The number of carboxylic acid groups (broad SMARTS) is 1. The van der Waals surface area contributed by atoms with Crippen molar-refractivity contribution in [3.05, 3.63) is 22.2 Å². The zero-order valence-electron chi connectivity index (χ0n) is 7.78. The van der Waals surface area contributed by atoms with Crippen LogP contribution < -0.4 is 10.5 Å². The standard InChI is InChI=1S/C8H9BrN2O3S/c1-11-15(14)6-3-4(9)2-5(7(6)10)8(12)13/h2-3,11H,10H2,1H3,(H,12,13). The molecule has 1 rings (SSSR count). The summed E-state index contributed by atoms with van der Waals surface area (Å²) in [7, 11) is -0.0105. The molecule has 0 saturated heterocycles. The van der Waals surface area contributed by atoms with Gasteiger partial charge in [-0.1, -0.05) is 15.9 Å². The van der Waals surface area contributed by atoms with Crippen molar-refractivity contribution in [2.45, 2.75) is 4.90 Å². The molecule has 0 saturated carbocycles. The maximum atomic E-state index is 11.5. The molecule has 82 valence electrons. The van der Waals surface area contributed by atoms with E-state index >= 15 is 0 Å². The van der Waals surface area contributed by atoms with Gasteiger partial charge in [0.15, 0.2) is 0 Å². The number of nitrogens with two attached hydrogens (primary N) is 1. The van der Waals surface area contributed by atoms with Crippen molar-refractivity contribution in [1.29, 1.82) is 0 Å². The molecule has 0 amide bonds. The minimum atomic E-state index is -1.51. The van der Waals surface area contributed by atoms with Crippen molar-refractivity contribution in [3.63, 3.8) is 0 Å². The molecule has 0 spiro atoms. The molecule has 1 atom stereocenters. The fraction of sp³-hybridized carbons (Fsp3) is 0.125. The fourth-order valence-corrected chi connectivity index (χ4v) is 2.41. The number of nitrogens with one attached hydrogen (secondary N) is 1. The molecule has 5 nitrogen and oxygen atoms in total. The lowest BCUT2D eigenvalue weighted by molar-refractivity contribution is 0.0698. The maximum absolute atomic E-state index is 11.5. The molecule has 0 aromatic heterocycles. The highest BCUT2D eigenvalue weighted by Crippen LogP contribution is 2.25. The Labute approximate surface area is 97.4 Å². The van der Waals surface area contributed by atoms with E-state index in [1.165, 1.54) is 19.2 Å². The van der Waals surface area contributed by atoms with Gasteiger partial charge in [0.1, 0.15) is 11.0 Å². The molecular weight excluding hydrogens is 284 g/mol. The first-order valence-corrected chi connectivity index (χ1v) is 5.83. The highest BCUT2D eigenvalue weighted by Gasteiger charge is 2.16. The number of nitrogen functional groups attached to an aromatic ring is 1. The molecule has 0 aliphatic heterocycles. The van der Waals surface area contributed by atoms with E-state index in [0.717, 1.165) is 0 Å². The first-order chi connectivity index (χ1) is 6.97. The Morgan fingerprint density at radius 1 is 1.60 bits per heavy atom. The Balaban J connectivity index is 3.41. The molecule has 0 heterocycles. The second-order valence-electron chi connectivity index (χ2n) is 2.64. The number of hydrogen-bond acceptors (Lipinski definition) is 3. The van der Waals surface area contributed by atoms with Crippen LogP contribution in [-0.4, -0.2) is 22.3 Å². The van der Waals surface area contributed by atoms with Gasteiger partial charge < -0.3 is 10.8 Å². The number of hydrogen-bond donors (Lipinski definition) is 3. The van der Waals surface area contributed by atoms with Crippen LogP contribution in [0, 0.1) is 0 Å². The monoisotopic (exact) mass is 292 g/mol. The van der Waals surface area contributed by atoms with Gasteiger partial charge in [-0.3, -0.25) is 0 Å². The molecule has 7 heteroatoms. The van der Waals surface area contributed by atoms with Crippen molar-refractivity contribution in [2.75, 3.05) is 12.8 Å². The summed E-state index contributed by atoms with van der Waals surface area (Å²) in [6.07, 6.45) is 0. The highest BCUT2D eigenvalue weighted by molar-refractivity contribution is 9.10. The quantitative estimate of drug-likeness (QED) is 0.724. The normalized spacial score (nSPS) is 12.4. The highest BCUT2D eigenvalue weighted by atomic mass is 79.9. The smallest absolute Gasteiger partial charge is 0.337 e. The van der Waals surface area contributed by atoms with E-state index in [2.05, 4.69) is 20.7 Å². The molecule has 0 aliphatic carbocycles. The third-order valence-corrected chi connectivity index (χ3v) is 3.29. The Morgan fingerprint density at radius 2 is 2.20 bits per heavy atom. The largest absolute Gasteiger partial charge is 0.478 e. The predicted molar refractivity (Wildman–Crippen MR) is 61.0 cm³/mol. The molecule has 1 unspecified atom stereocenters. The van der Waals surface area contributed by atoms with Gasteiger partial charge in [0.25, 0.3) is 0 Å². The minimum Gasteiger partial charge on any atom is -0.478 e. The predicted octanol–water partition coefficient (Wildman–Crippen LogP) is 0.972. The van der Waals surface area contributed by atoms with E-state index < -0.39 is 17.0 Å². The zero-order valence-corrected chi connectivity index (χ0v) is 10.2. The lowest BCUT2D eigenvalue weighted by Gasteiger charge is -2.08. The van der Waals surface area contributed by atoms with Gasteiger partial charge in [-0.2, -0.15) is 0 Å². The summed E-state index contributed by atoms with van der Waals surface area (Å²) in [5, 5.41) is 8.85. The second-order valence-corrected chi connectivity index (χ2v) is 4.94. The van der Waals surface area contributed by atoms with Crippen molar-refractivity contribution in [2.24, 2.45) is 0 Å². The summed E-state index contributed by atoms with van der Waals surface area (Å²) >= 11 is 3.13. The van der Waals surface area contributed by atoms with E-state index in [4.69, 9.17) is 10.8 Å². The van der Waals surface area contributed by atoms with Crippen molar-refractivity contribution in [1.82, 2.24) is 4.72 Å². The Kier molecular flexibility index (Phi) is 3.83. The van der Waals surface area contributed by atoms with Crippen molar-refractivity contribution in [3.8, 4) is 0 Å². The molecule has 0 bridgehead atoms. The van der Waals surface area contributed by atoms with Crippen LogP contribution in [0.25, 0.3) is 0 Å². The lowest BCUT2D eigenvalue weighted by atomic mass is 10.2. The topological polar surface area (TPSA) is 92.4 Å². The van der Waals surface area contributed by atoms with Crippen LogP contribution in [0.1, 0.15) is 10.4 Å². The number of carboxylic acids is 1. The summed E-state index contributed by atoms with van der Waals surface area (Å²) in [4.78, 5) is 11.1. The fourth-order valence-electron chi connectivity index (χ4n) is 1.03. The summed E-state index contributed by atoms with van der Waals surface area (Å²) in [6, 6.07) is 2.89. The van der Waals surface area contributed by atoms with E-state index in [0.29, 0.717) is 4.47 Å². The number of halogens is 1. The number of rotatable bonds is 3. The molecule has 0 fully saturated rings. The molecule has 0 aliphatic rings. The summed E-state index contributed by atoms with van der Waals surface area (Å²) in [6.45, 7) is 0. The Hall–Kier alpha value is -0.920. The number of carbonyl (C=O) groups is 1. The zero-order chi connectivity index (χ0) is 11.6. The summed E-state index contributed by atoms with van der Waals surface area (Å²) in [5.41, 5.74) is 5.54. The molecular formula is C8H9BrN2O3S. The van der Waals surface area contributed by atoms with E-state index in [1.807, 2.05) is 0 Å². The maximum Gasteiger partial charge on any atom is 0.337 e. The van der Waals surface area contributed by atoms with Crippen molar-refractivity contribution >= 4 is 38.6 Å². The van der Waals surface area contributed by atoms with Gasteiger partial charge in [0.05, 0.1) is 16.1 Å². The molecule has 4 N–H and O–H groups in total. The van der Waals surface area contributed by atoms with E-state index in [1.54, 1.807) is 0 Å². The van der Waals surface area contributed by atoms with Crippen LogP contribution in [0.15, 0.2) is 21.5 Å². The number of anilines is 1. The van der Waals surface area contributed by atoms with Crippen molar-refractivity contribution < 1.29 is 14.1 Å². The lowest BCUT2D eigenvalue weighted by Crippen LogP contribution is -2.14. The molecule has 15 heavy (non-hydrogen) atoms. The average Bonchev–Trinajstić information content (AvgIpc) is 2.19. The van der Waals surface area contributed by atoms with Gasteiger partial charge in [0, 0.05) is 4.47 Å². The molecule has 1 aromatic carbocycles. The third kappa shape index (κ3) is 2.55. The first kappa shape index (κ1) is 12.2. The van der Waals surface area contributed by atoms with Crippen LogP contribution in [0.4, 0.5) is 5.69 Å². The van der Waals surface area contributed by atoms with E-state index in [-0.39, 0.29) is 16.1 Å². The minimum absolute atomic E-state index is 0.0124. The SMILES string of the molecule is CNS(=O)c1cc(Br)cc(C(=O)O)c1N. The van der Waals surface area contributed by atoms with Gasteiger partial charge in [-0.15, -0.1) is 0 Å². The number of benzene rings is 1. The first-order valence-electron chi connectivity index (χ1n) is 3.89. The van der Waals surface area contributed by atoms with Crippen LogP contribution in [0.2, 0.25) is 0 Å². The average molecular weight is 293 g/mol. The third-order valence-electron chi connectivity index (χ3n) is 1.72. The van der Waals surface area contributed by atoms with Gasteiger partial charge in [-0.25, -0.2) is 13.7 Å². The summed E-state index contributed by atoms with van der Waals surface area (Å²) in [5.74, 6) is -1.15. The molecule has 1 aromatic rings. The van der Waals surface area contributed by atoms with Crippen LogP contribution >= 0.6 is 15.9 Å². The van der Waals surface area contributed by atoms with Gasteiger partial charge >= 0.3 is 5.97 Å². The van der Waals surface area contributed by atoms with Crippen LogP contribution in [0.3, 0.4) is 0 Å². The molecule has 0 radical (unpaired) electrons. The van der Waals surface area contributed by atoms with Crippen LogP contribution in [-0.2, 0) is 11.0 Å². The number of aromatic carboxylic acids is 1.